The normalized spacial score (nSPS) is 14.6. The summed E-state index contributed by atoms with van der Waals surface area (Å²) in [5.41, 5.74) is 3.68. The van der Waals surface area contributed by atoms with E-state index in [4.69, 9.17) is 4.98 Å². The number of benzene rings is 1. The summed E-state index contributed by atoms with van der Waals surface area (Å²) in [6.07, 6.45) is 2.35. The molecule has 1 saturated heterocycles. The summed E-state index contributed by atoms with van der Waals surface area (Å²) in [5, 5.41) is 0. The molecule has 3 rings (SSSR count). The molecule has 5 nitrogen and oxygen atoms in total. The van der Waals surface area contributed by atoms with Gasteiger partial charge in [-0.05, 0) is 38.0 Å². The smallest absolute Gasteiger partial charge is 0.227 e. The molecular formula is C21H31N5. The van der Waals surface area contributed by atoms with Gasteiger partial charge in [0.15, 0.2) is 0 Å². The van der Waals surface area contributed by atoms with Crippen molar-refractivity contribution in [2.24, 2.45) is 0 Å². The van der Waals surface area contributed by atoms with Gasteiger partial charge in [-0.3, -0.25) is 0 Å². The van der Waals surface area contributed by atoms with Crippen LogP contribution in [0.15, 0.2) is 30.3 Å². The summed E-state index contributed by atoms with van der Waals surface area (Å²) >= 11 is 0. The predicted octanol–water partition coefficient (Wildman–Crippen LogP) is 3.66. The second-order valence-corrected chi connectivity index (χ2v) is 7.26. The van der Waals surface area contributed by atoms with E-state index < -0.39 is 0 Å². The molecule has 5 heteroatoms. The Morgan fingerprint density at radius 2 is 1.73 bits per heavy atom. The maximum Gasteiger partial charge on any atom is 0.227 e. The third kappa shape index (κ3) is 4.45. The van der Waals surface area contributed by atoms with Crippen LogP contribution in [0.3, 0.4) is 0 Å². The summed E-state index contributed by atoms with van der Waals surface area (Å²) in [6, 6.07) is 10.9. The van der Waals surface area contributed by atoms with E-state index >= 15 is 0 Å². The molecule has 0 amide bonds. The second kappa shape index (κ2) is 8.39. The van der Waals surface area contributed by atoms with E-state index in [1.807, 2.05) is 0 Å². The fourth-order valence-corrected chi connectivity index (χ4v) is 3.38. The van der Waals surface area contributed by atoms with Crippen molar-refractivity contribution in [2.75, 3.05) is 54.5 Å². The van der Waals surface area contributed by atoms with Crippen LogP contribution in [0.2, 0.25) is 0 Å². The standard InChI is InChI=1S/C21H31N5/c1-5-6-10-24(4)21-22-18(3)16-20(23-21)26-13-11-25(12-14-26)19-9-7-8-17(2)15-19/h7-9,15-16H,5-6,10-14H2,1-4H3. The first kappa shape index (κ1) is 18.5. The average molecular weight is 354 g/mol. The third-order valence-electron chi connectivity index (χ3n) is 4.99. The van der Waals surface area contributed by atoms with Gasteiger partial charge in [0.25, 0.3) is 0 Å². The van der Waals surface area contributed by atoms with Gasteiger partial charge >= 0.3 is 0 Å². The van der Waals surface area contributed by atoms with Gasteiger partial charge in [-0.25, -0.2) is 4.98 Å². The van der Waals surface area contributed by atoms with Crippen LogP contribution < -0.4 is 14.7 Å². The highest BCUT2D eigenvalue weighted by Crippen LogP contribution is 2.22. The molecule has 0 saturated carbocycles. The maximum absolute atomic E-state index is 4.84. The molecule has 0 bridgehead atoms. The van der Waals surface area contributed by atoms with E-state index in [1.54, 1.807) is 0 Å². The van der Waals surface area contributed by atoms with Crippen molar-refractivity contribution < 1.29 is 0 Å². The molecular weight excluding hydrogens is 322 g/mol. The van der Waals surface area contributed by atoms with Crippen molar-refractivity contribution in [1.29, 1.82) is 0 Å². The van der Waals surface area contributed by atoms with Gasteiger partial charge in [0.2, 0.25) is 5.95 Å². The summed E-state index contributed by atoms with van der Waals surface area (Å²) < 4.78 is 0. The summed E-state index contributed by atoms with van der Waals surface area (Å²) in [6.45, 7) is 11.4. The number of aromatic nitrogens is 2. The maximum atomic E-state index is 4.84. The monoisotopic (exact) mass is 353 g/mol. The predicted molar refractivity (Wildman–Crippen MR) is 111 cm³/mol. The average Bonchev–Trinajstić information content (AvgIpc) is 2.65. The lowest BCUT2D eigenvalue weighted by Crippen LogP contribution is -2.47. The van der Waals surface area contributed by atoms with Crippen LogP contribution in [0.1, 0.15) is 31.0 Å². The fraction of sp³-hybridized carbons (Fsp3) is 0.524. The Labute approximate surface area is 157 Å². The van der Waals surface area contributed by atoms with Crippen LogP contribution >= 0.6 is 0 Å². The molecule has 0 spiro atoms. The molecule has 26 heavy (non-hydrogen) atoms. The molecule has 2 heterocycles. The van der Waals surface area contributed by atoms with Crippen LogP contribution in [0.25, 0.3) is 0 Å². The molecule has 0 aliphatic carbocycles. The van der Waals surface area contributed by atoms with Crippen LogP contribution in [-0.4, -0.2) is 49.7 Å². The second-order valence-electron chi connectivity index (χ2n) is 7.26. The zero-order chi connectivity index (χ0) is 18.5. The minimum atomic E-state index is 0.842. The van der Waals surface area contributed by atoms with Crippen molar-refractivity contribution in [3.05, 3.63) is 41.6 Å². The molecule has 1 aromatic carbocycles. The van der Waals surface area contributed by atoms with Crippen LogP contribution in [0.5, 0.6) is 0 Å². The fourth-order valence-electron chi connectivity index (χ4n) is 3.38. The summed E-state index contributed by atoms with van der Waals surface area (Å²) in [5.74, 6) is 1.90. The number of anilines is 3. The van der Waals surface area contributed by atoms with Gasteiger partial charge in [-0.2, -0.15) is 4.98 Å². The number of unbranched alkanes of at least 4 members (excludes halogenated alkanes) is 1. The van der Waals surface area contributed by atoms with Gasteiger partial charge in [0.1, 0.15) is 5.82 Å². The number of hydrogen-bond acceptors (Lipinski definition) is 5. The molecule has 0 radical (unpaired) electrons. The van der Waals surface area contributed by atoms with Gasteiger partial charge in [0, 0.05) is 57.2 Å². The molecule has 1 aliphatic rings. The van der Waals surface area contributed by atoms with Crippen molar-refractivity contribution in [3.63, 3.8) is 0 Å². The van der Waals surface area contributed by atoms with E-state index in [0.717, 1.165) is 56.6 Å². The Morgan fingerprint density at radius 3 is 2.42 bits per heavy atom. The zero-order valence-electron chi connectivity index (χ0n) is 16.6. The highest BCUT2D eigenvalue weighted by Gasteiger charge is 2.20. The molecule has 0 unspecified atom stereocenters. The number of piperazine rings is 1. The molecule has 1 aliphatic heterocycles. The van der Waals surface area contributed by atoms with Gasteiger partial charge in [-0.15, -0.1) is 0 Å². The van der Waals surface area contributed by atoms with Crippen LogP contribution in [-0.2, 0) is 0 Å². The molecule has 1 fully saturated rings. The molecule has 0 atom stereocenters. The Bertz CT molecular complexity index is 722. The van der Waals surface area contributed by atoms with E-state index in [0.29, 0.717) is 0 Å². The Kier molecular flexibility index (Phi) is 5.96. The summed E-state index contributed by atoms with van der Waals surface area (Å²) in [4.78, 5) is 16.5. The molecule has 1 aromatic heterocycles. The molecule has 0 N–H and O–H groups in total. The Balaban J connectivity index is 1.68. The Morgan fingerprint density at radius 1 is 1.00 bits per heavy atom. The lowest BCUT2D eigenvalue weighted by atomic mass is 10.2. The highest BCUT2D eigenvalue weighted by molar-refractivity contribution is 5.52. The van der Waals surface area contributed by atoms with E-state index in [2.05, 4.69) is 77.8 Å². The van der Waals surface area contributed by atoms with Gasteiger partial charge < -0.3 is 14.7 Å². The number of rotatable bonds is 6. The number of nitrogens with zero attached hydrogens (tertiary/aromatic N) is 5. The zero-order valence-corrected chi connectivity index (χ0v) is 16.6. The first-order valence-corrected chi connectivity index (χ1v) is 9.70. The third-order valence-corrected chi connectivity index (χ3v) is 4.99. The first-order valence-electron chi connectivity index (χ1n) is 9.70. The molecule has 140 valence electrons. The minimum Gasteiger partial charge on any atom is -0.368 e. The minimum absolute atomic E-state index is 0.842. The van der Waals surface area contributed by atoms with Crippen molar-refractivity contribution in [3.8, 4) is 0 Å². The van der Waals surface area contributed by atoms with Crippen molar-refractivity contribution in [2.45, 2.75) is 33.6 Å². The topological polar surface area (TPSA) is 35.5 Å². The van der Waals surface area contributed by atoms with E-state index in [9.17, 15) is 0 Å². The molecule has 2 aromatic rings. The van der Waals surface area contributed by atoms with E-state index in [1.165, 1.54) is 17.7 Å². The van der Waals surface area contributed by atoms with E-state index in [-0.39, 0.29) is 0 Å². The van der Waals surface area contributed by atoms with Crippen LogP contribution in [0, 0.1) is 13.8 Å². The van der Waals surface area contributed by atoms with Crippen molar-refractivity contribution in [1.82, 2.24) is 9.97 Å². The van der Waals surface area contributed by atoms with Gasteiger partial charge in [-0.1, -0.05) is 25.5 Å². The quantitative estimate of drug-likeness (QED) is 0.792. The largest absolute Gasteiger partial charge is 0.368 e. The van der Waals surface area contributed by atoms with Gasteiger partial charge in [0.05, 0.1) is 0 Å². The lowest BCUT2D eigenvalue weighted by molar-refractivity contribution is 0.645. The van der Waals surface area contributed by atoms with Crippen LogP contribution in [0.4, 0.5) is 17.5 Å². The number of aryl methyl sites for hydroxylation is 2. The lowest BCUT2D eigenvalue weighted by Gasteiger charge is -2.37. The van der Waals surface area contributed by atoms with Crippen molar-refractivity contribution >= 4 is 17.5 Å². The highest BCUT2D eigenvalue weighted by atomic mass is 15.3. The first-order chi connectivity index (χ1) is 12.6. The SMILES string of the molecule is CCCCN(C)c1nc(C)cc(N2CCN(c3cccc(C)c3)CC2)n1. The Hall–Kier alpha value is -2.30. The number of hydrogen-bond donors (Lipinski definition) is 0. The summed E-state index contributed by atoms with van der Waals surface area (Å²) in [7, 11) is 2.09.